The summed E-state index contributed by atoms with van der Waals surface area (Å²) in [5, 5.41) is 3.88. The van der Waals surface area contributed by atoms with E-state index >= 15 is 0 Å². The minimum Gasteiger partial charge on any atom is -0.364 e. The van der Waals surface area contributed by atoms with Gasteiger partial charge in [-0.15, -0.1) is 6.42 Å². The second kappa shape index (κ2) is 3.65. The van der Waals surface area contributed by atoms with Gasteiger partial charge in [0.1, 0.15) is 5.15 Å². The Morgan fingerprint density at radius 3 is 3.12 bits per heavy atom. The molecule has 0 aromatic carbocycles. The van der Waals surface area contributed by atoms with Gasteiger partial charge in [0.15, 0.2) is 0 Å². The molecule has 2 saturated heterocycles. The third-order valence-electron chi connectivity index (χ3n) is 3.37. The zero-order valence-corrected chi connectivity index (χ0v) is 9.54. The lowest BCUT2D eigenvalue weighted by Gasteiger charge is -2.29. The van der Waals surface area contributed by atoms with Gasteiger partial charge >= 0.3 is 0 Å². The quantitative estimate of drug-likeness (QED) is 0.585. The zero-order valence-electron chi connectivity index (χ0n) is 8.78. The number of anilines is 1. The van der Waals surface area contributed by atoms with Crippen LogP contribution in [0.3, 0.4) is 0 Å². The number of aromatic nitrogens is 1. The van der Waals surface area contributed by atoms with E-state index in [1.807, 2.05) is 12.3 Å². The van der Waals surface area contributed by atoms with E-state index in [0.717, 1.165) is 18.8 Å². The largest absolute Gasteiger partial charge is 0.364 e. The molecule has 16 heavy (non-hydrogen) atoms. The Bertz CT molecular complexity index is 466. The lowest BCUT2D eigenvalue weighted by molar-refractivity contribution is 0.579. The Balaban J connectivity index is 1.93. The summed E-state index contributed by atoms with van der Waals surface area (Å²) in [5.74, 6) is 2.57. The summed E-state index contributed by atoms with van der Waals surface area (Å²) in [6.07, 6.45) is 8.41. The van der Waals surface area contributed by atoms with Crippen molar-refractivity contribution in [1.29, 1.82) is 0 Å². The number of rotatable bonds is 1. The summed E-state index contributed by atoms with van der Waals surface area (Å²) in [6.45, 7) is 2.09. The highest BCUT2D eigenvalue weighted by Gasteiger charge is 2.37. The van der Waals surface area contributed by atoms with Crippen LogP contribution in [-0.4, -0.2) is 30.2 Å². The van der Waals surface area contributed by atoms with Crippen molar-refractivity contribution in [3.8, 4) is 12.3 Å². The molecule has 1 aromatic rings. The lowest BCUT2D eigenvalue weighted by atomic mass is 10.2. The third kappa shape index (κ3) is 1.46. The smallest absolute Gasteiger partial charge is 0.144 e. The second-order valence-corrected chi connectivity index (χ2v) is 4.68. The van der Waals surface area contributed by atoms with Crippen LogP contribution in [0.2, 0.25) is 5.15 Å². The van der Waals surface area contributed by atoms with E-state index in [1.165, 1.54) is 6.42 Å². The van der Waals surface area contributed by atoms with Crippen LogP contribution < -0.4 is 10.2 Å². The van der Waals surface area contributed by atoms with Crippen LogP contribution >= 0.6 is 11.6 Å². The number of hydrogen-bond donors (Lipinski definition) is 1. The predicted octanol–water partition coefficient (Wildman–Crippen LogP) is 1.27. The molecule has 1 N–H and O–H groups in total. The monoisotopic (exact) mass is 233 g/mol. The molecule has 3 rings (SSSR count). The Morgan fingerprint density at radius 1 is 1.62 bits per heavy atom. The van der Waals surface area contributed by atoms with Crippen LogP contribution in [0.15, 0.2) is 12.3 Å². The van der Waals surface area contributed by atoms with E-state index in [0.29, 0.717) is 22.8 Å². The maximum atomic E-state index is 5.90. The average Bonchev–Trinajstić information content (AvgIpc) is 2.91. The first kappa shape index (κ1) is 9.95. The van der Waals surface area contributed by atoms with Crippen LogP contribution in [0.25, 0.3) is 0 Å². The highest BCUT2D eigenvalue weighted by atomic mass is 35.5. The van der Waals surface area contributed by atoms with Gasteiger partial charge in [0.05, 0.1) is 17.4 Å². The molecule has 0 radical (unpaired) electrons. The number of nitrogens with zero attached hydrogens (tertiary/aromatic N) is 2. The van der Waals surface area contributed by atoms with Gasteiger partial charge < -0.3 is 10.2 Å². The molecule has 1 aromatic heterocycles. The fourth-order valence-electron chi connectivity index (χ4n) is 2.57. The molecule has 2 bridgehead atoms. The zero-order chi connectivity index (χ0) is 11.1. The summed E-state index contributed by atoms with van der Waals surface area (Å²) >= 11 is 5.90. The lowest BCUT2D eigenvalue weighted by Crippen LogP contribution is -2.43. The molecule has 2 fully saturated rings. The first-order chi connectivity index (χ1) is 7.78. The fraction of sp³-hybridized carbons (Fsp3) is 0.417. The Hall–Kier alpha value is -1.24. The van der Waals surface area contributed by atoms with Crippen molar-refractivity contribution in [2.75, 3.05) is 18.0 Å². The van der Waals surface area contributed by atoms with Gasteiger partial charge in [0.2, 0.25) is 0 Å². The van der Waals surface area contributed by atoms with E-state index in [9.17, 15) is 0 Å². The summed E-state index contributed by atoms with van der Waals surface area (Å²) in [7, 11) is 0. The van der Waals surface area contributed by atoms with Crippen LogP contribution in [0.1, 0.15) is 12.0 Å². The molecule has 2 atom stereocenters. The molecule has 2 aliphatic rings. The Morgan fingerprint density at radius 2 is 2.50 bits per heavy atom. The van der Waals surface area contributed by atoms with Gasteiger partial charge in [-0.3, -0.25) is 0 Å². The van der Waals surface area contributed by atoms with Crippen molar-refractivity contribution in [3.63, 3.8) is 0 Å². The van der Waals surface area contributed by atoms with Crippen molar-refractivity contribution in [3.05, 3.63) is 23.0 Å². The minimum atomic E-state index is 0.411. The first-order valence-corrected chi connectivity index (χ1v) is 5.78. The average molecular weight is 234 g/mol. The van der Waals surface area contributed by atoms with Crippen LogP contribution in [-0.2, 0) is 0 Å². The molecule has 3 heterocycles. The first-order valence-electron chi connectivity index (χ1n) is 5.40. The predicted molar refractivity (Wildman–Crippen MR) is 64.7 cm³/mol. The Labute approximate surface area is 99.8 Å². The molecular formula is C12H12ClN3. The van der Waals surface area contributed by atoms with Gasteiger partial charge in [0.25, 0.3) is 0 Å². The van der Waals surface area contributed by atoms with Gasteiger partial charge in [-0.1, -0.05) is 17.5 Å². The van der Waals surface area contributed by atoms with Gasteiger partial charge in [0, 0.05) is 25.2 Å². The summed E-state index contributed by atoms with van der Waals surface area (Å²) in [5.41, 5.74) is 1.77. The van der Waals surface area contributed by atoms with E-state index in [2.05, 4.69) is 21.1 Å². The SMILES string of the molecule is C#Cc1cc(N2CC3CC2CN3)cnc1Cl. The molecule has 0 saturated carbocycles. The van der Waals surface area contributed by atoms with Crippen LogP contribution in [0.4, 0.5) is 5.69 Å². The molecule has 4 heteroatoms. The van der Waals surface area contributed by atoms with Gasteiger partial charge in [-0.05, 0) is 12.5 Å². The van der Waals surface area contributed by atoms with E-state index in [-0.39, 0.29) is 0 Å². The summed E-state index contributed by atoms with van der Waals surface area (Å²) < 4.78 is 0. The summed E-state index contributed by atoms with van der Waals surface area (Å²) in [6, 6.07) is 3.16. The Kier molecular flexibility index (Phi) is 2.27. The normalized spacial score (nSPS) is 27.1. The van der Waals surface area contributed by atoms with E-state index in [1.54, 1.807) is 0 Å². The highest BCUT2D eigenvalue weighted by molar-refractivity contribution is 6.30. The van der Waals surface area contributed by atoms with Crippen molar-refractivity contribution in [1.82, 2.24) is 10.3 Å². The maximum Gasteiger partial charge on any atom is 0.144 e. The molecule has 82 valence electrons. The second-order valence-electron chi connectivity index (χ2n) is 4.32. The van der Waals surface area contributed by atoms with Crippen molar-refractivity contribution < 1.29 is 0 Å². The van der Waals surface area contributed by atoms with Gasteiger partial charge in [-0.25, -0.2) is 4.98 Å². The third-order valence-corrected chi connectivity index (χ3v) is 3.67. The highest BCUT2D eigenvalue weighted by Crippen LogP contribution is 2.30. The van der Waals surface area contributed by atoms with Crippen molar-refractivity contribution in [2.45, 2.75) is 18.5 Å². The number of pyridine rings is 1. The molecule has 0 amide bonds. The standard InChI is InChI=1S/C12H12ClN3/c1-2-8-3-10(6-15-12(8)13)16-7-9-4-11(16)5-14-9/h1,3,6,9,11,14H,4-5,7H2. The molecule has 0 aliphatic carbocycles. The number of halogens is 1. The topological polar surface area (TPSA) is 28.2 Å². The van der Waals surface area contributed by atoms with Gasteiger partial charge in [-0.2, -0.15) is 0 Å². The fourth-order valence-corrected chi connectivity index (χ4v) is 2.73. The van der Waals surface area contributed by atoms with Crippen LogP contribution in [0, 0.1) is 12.3 Å². The molecule has 2 unspecified atom stereocenters. The number of terminal acetylenes is 1. The minimum absolute atomic E-state index is 0.411. The van der Waals surface area contributed by atoms with Crippen molar-refractivity contribution >= 4 is 17.3 Å². The maximum absolute atomic E-state index is 5.90. The molecular weight excluding hydrogens is 222 g/mol. The molecule has 2 aliphatic heterocycles. The van der Waals surface area contributed by atoms with E-state index < -0.39 is 0 Å². The number of nitrogens with one attached hydrogen (secondary N) is 1. The number of fused-ring (bicyclic) bond motifs is 2. The van der Waals surface area contributed by atoms with Crippen LogP contribution in [0.5, 0.6) is 0 Å². The number of piperazine rings is 1. The number of hydrogen-bond acceptors (Lipinski definition) is 3. The summed E-state index contributed by atoms with van der Waals surface area (Å²) in [4.78, 5) is 6.51. The molecule has 0 spiro atoms. The van der Waals surface area contributed by atoms with Crippen molar-refractivity contribution in [2.24, 2.45) is 0 Å². The molecule has 3 nitrogen and oxygen atoms in total. The van der Waals surface area contributed by atoms with E-state index in [4.69, 9.17) is 18.0 Å².